The summed E-state index contributed by atoms with van der Waals surface area (Å²) in [6.45, 7) is 6.40. The monoisotopic (exact) mass is 236 g/mol. The topological polar surface area (TPSA) is 26.7 Å². The average Bonchev–Trinajstić information content (AvgIpc) is 2.28. The summed E-state index contributed by atoms with van der Waals surface area (Å²) in [7, 11) is 4.27. The summed E-state index contributed by atoms with van der Waals surface area (Å²) in [6, 6.07) is 7.48. The normalized spacial score (nSPS) is 11.4. The van der Waals surface area contributed by atoms with Crippen molar-refractivity contribution in [2.24, 2.45) is 0 Å². The largest absolute Gasteiger partial charge is 0.508 e. The van der Waals surface area contributed by atoms with E-state index in [2.05, 4.69) is 30.8 Å². The average molecular weight is 236 g/mol. The SMILES string of the molecule is CCN(C)CCCN(C)Cc1cccc(O)c1. The molecule has 0 saturated heterocycles. The molecule has 0 aromatic heterocycles. The Balaban J connectivity index is 2.27. The first-order valence-corrected chi connectivity index (χ1v) is 6.26. The quantitative estimate of drug-likeness (QED) is 0.786. The molecular weight excluding hydrogens is 212 g/mol. The lowest BCUT2D eigenvalue weighted by Crippen LogP contribution is -2.25. The maximum atomic E-state index is 9.38. The smallest absolute Gasteiger partial charge is 0.115 e. The third-order valence-corrected chi connectivity index (χ3v) is 2.98. The van der Waals surface area contributed by atoms with Gasteiger partial charge >= 0.3 is 0 Å². The Morgan fingerprint density at radius 2 is 1.82 bits per heavy atom. The highest BCUT2D eigenvalue weighted by atomic mass is 16.3. The van der Waals surface area contributed by atoms with Crippen LogP contribution in [0.3, 0.4) is 0 Å². The number of phenols is 1. The van der Waals surface area contributed by atoms with Crippen molar-refractivity contribution >= 4 is 0 Å². The van der Waals surface area contributed by atoms with Crippen LogP contribution >= 0.6 is 0 Å². The summed E-state index contributed by atoms with van der Waals surface area (Å²) in [5.74, 6) is 0.349. The van der Waals surface area contributed by atoms with Gasteiger partial charge in [-0.25, -0.2) is 0 Å². The predicted molar refractivity (Wildman–Crippen MR) is 72.2 cm³/mol. The van der Waals surface area contributed by atoms with Crippen molar-refractivity contribution in [3.05, 3.63) is 29.8 Å². The lowest BCUT2D eigenvalue weighted by Gasteiger charge is -2.19. The van der Waals surface area contributed by atoms with Gasteiger partial charge in [0.25, 0.3) is 0 Å². The zero-order valence-corrected chi connectivity index (χ0v) is 11.2. The van der Waals surface area contributed by atoms with Crippen LogP contribution in [0.15, 0.2) is 24.3 Å². The fourth-order valence-electron chi connectivity index (χ4n) is 1.81. The molecule has 1 aromatic carbocycles. The van der Waals surface area contributed by atoms with Crippen molar-refractivity contribution < 1.29 is 5.11 Å². The fraction of sp³-hybridized carbons (Fsp3) is 0.571. The second kappa shape index (κ2) is 7.30. The van der Waals surface area contributed by atoms with Crippen LogP contribution < -0.4 is 0 Å². The molecule has 0 atom stereocenters. The Kier molecular flexibility index (Phi) is 6.01. The van der Waals surface area contributed by atoms with Crippen LogP contribution in [0.2, 0.25) is 0 Å². The van der Waals surface area contributed by atoms with E-state index in [0.29, 0.717) is 5.75 Å². The molecule has 0 bridgehead atoms. The Hall–Kier alpha value is -1.06. The van der Waals surface area contributed by atoms with Crippen molar-refractivity contribution in [2.75, 3.05) is 33.7 Å². The van der Waals surface area contributed by atoms with Gasteiger partial charge in [-0.3, -0.25) is 0 Å². The Morgan fingerprint density at radius 1 is 1.12 bits per heavy atom. The third-order valence-electron chi connectivity index (χ3n) is 2.98. The summed E-state index contributed by atoms with van der Waals surface area (Å²) in [6.07, 6.45) is 1.18. The molecule has 3 heteroatoms. The number of benzene rings is 1. The van der Waals surface area contributed by atoms with E-state index < -0.39 is 0 Å². The van der Waals surface area contributed by atoms with Gasteiger partial charge in [-0.1, -0.05) is 19.1 Å². The zero-order chi connectivity index (χ0) is 12.7. The highest BCUT2D eigenvalue weighted by Gasteiger charge is 2.02. The molecule has 0 saturated carbocycles. The minimum Gasteiger partial charge on any atom is -0.508 e. The molecular formula is C14H24N2O. The van der Waals surface area contributed by atoms with Crippen LogP contribution in [0.1, 0.15) is 18.9 Å². The third kappa shape index (κ3) is 5.71. The maximum absolute atomic E-state index is 9.38. The summed E-state index contributed by atoms with van der Waals surface area (Å²) < 4.78 is 0. The summed E-state index contributed by atoms with van der Waals surface area (Å²) in [5, 5.41) is 9.38. The lowest BCUT2D eigenvalue weighted by molar-refractivity contribution is 0.280. The van der Waals surface area contributed by atoms with Gasteiger partial charge in [0.2, 0.25) is 0 Å². The van der Waals surface area contributed by atoms with E-state index in [1.54, 1.807) is 6.07 Å². The van der Waals surface area contributed by atoms with Crippen LogP contribution in [0.5, 0.6) is 5.75 Å². The van der Waals surface area contributed by atoms with Gasteiger partial charge in [0.1, 0.15) is 5.75 Å². The van der Waals surface area contributed by atoms with Gasteiger partial charge in [-0.2, -0.15) is 0 Å². The summed E-state index contributed by atoms with van der Waals surface area (Å²) >= 11 is 0. The minimum atomic E-state index is 0.349. The molecule has 1 rings (SSSR count). The number of aromatic hydroxyl groups is 1. The van der Waals surface area contributed by atoms with Crippen molar-refractivity contribution in [1.82, 2.24) is 9.80 Å². The Bertz CT molecular complexity index is 328. The van der Waals surface area contributed by atoms with Gasteiger partial charge in [-0.15, -0.1) is 0 Å². The first kappa shape index (κ1) is 14.0. The van der Waals surface area contributed by atoms with E-state index in [9.17, 15) is 5.11 Å². The van der Waals surface area contributed by atoms with Crippen LogP contribution in [0.4, 0.5) is 0 Å². The molecule has 0 aliphatic heterocycles. The first-order valence-electron chi connectivity index (χ1n) is 6.26. The molecule has 0 unspecified atom stereocenters. The van der Waals surface area contributed by atoms with Crippen molar-refractivity contribution in [2.45, 2.75) is 19.9 Å². The number of hydrogen-bond donors (Lipinski definition) is 1. The number of rotatable bonds is 7. The zero-order valence-electron chi connectivity index (χ0n) is 11.2. The second-order valence-corrected chi connectivity index (χ2v) is 4.66. The van der Waals surface area contributed by atoms with Crippen molar-refractivity contribution in [1.29, 1.82) is 0 Å². The summed E-state index contributed by atoms with van der Waals surface area (Å²) in [5.41, 5.74) is 1.16. The molecule has 0 radical (unpaired) electrons. The van der Waals surface area contributed by atoms with E-state index in [4.69, 9.17) is 0 Å². The molecule has 0 aliphatic rings. The van der Waals surface area contributed by atoms with Gasteiger partial charge in [0.15, 0.2) is 0 Å². The molecule has 17 heavy (non-hydrogen) atoms. The number of hydrogen-bond acceptors (Lipinski definition) is 3. The fourth-order valence-corrected chi connectivity index (χ4v) is 1.81. The number of nitrogens with zero attached hydrogens (tertiary/aromatic N) is 2. The standard InChI is InChI=1S/C14H24N2O/c1-4-15(2)9-6-10-16(3)12-13-7-5-8-14(17)11-13/h5,7-8,11,17H,4,6,9-10,12H2,1-3H3. The summed E-state index contributed by atoms with van der Waals surface area (Å²) in [4.78, 5) is 4.61. The highest BCUT2D eigenvalue weighted by Crippen LogP contribution is 2.12. The lowest BCUT2D eigenvalue weighted by atomic mass is 10.2. The van der Waals surface area contributed by atoms with Crippen LogP contribution in [-0.4, -0.2) is 48.6 Å². The Morgan fingerprint density at radius 3 is 2.47 bits per heavy atom. The molecule has 0 spiro atoms. The van der Waals surface area contributed by atoms with Crippen molar-refractivity contribution in [3.63, 3.8) is 0 Å². The van der Waals surface area contributed by atoms with E-state index in [0.717, 1.165) is 31.7 Å². The minimum absolute atomic E-state index is 0.349. The van der Waals surface area contributed by atoms with Gasteiger partial charge in [-0.05, 0) is 57.8 Å². The molecule has 0 fully saturated rings. The Labute approximate surface area is 105 Å². The van der Waals surface area contributed by atoms with Crippen LogP contribution in [-0.2, 0) is 6.54 Å². The highest BCUT2D eigenvalue weighted by molar-refractivity contribution is 5.26. The van der Waals surface area contributed by atoms with E-state index in [1.807, 2.05) is 18.2 Å². The van der Waals surface area contributed by atoms with Gasteiger partial charge in [0, 0.05) is 6.54 Å². The predicted octanol–water partition coefficient (Wildman–Crippen LogP) is 2.17. The van der Waals surface area contributed by atoms with E-state index in [1.165, 1.54) is 6.42 Å². The first-order chi connectivity index (χ1) is 8.11. The van der Waals surface area contributed by atoms with E-state index in [-0.39, 0.29) is 0 Å². The molecule has 0 aliphatic carbocycles. The van der Waals surface area contributed by atoms with Gasteiger partial charge in [0.05, 0.1) is 0 Å². The van der Waals surface area contributed by atoms with Gasteiger partial charge < -0.3 is 14.9 Å². The molecule has 3 nitrogen and oxygen atoms in total. The molecule has 0 heterocycles. The molecule has 1 N–H and O–H groups in total. The molecule has 0 amide bonds. The molecule has 1 aromatic rings. The number of phenolic OH excluding ortho intramolecular Hbond substituents is 1. The second-order valence-electron chi connectivity index (χ2n) is 4.66. The van der Waals surface area contributed by atoms with Crippen LogP contribution in [0.25, 0.3) is 0 Å². The van der Waals surface area contributed by atoms with E-state index >= 15 is 0 Å². The van der Waals surface area contributed by atoms with Crippen molar-refractivity contribution in [3.8, 4) is 5.75 Å². The maximum Gasteiger partial charge on any atom is 0.115 e. The van der Waals surface area contributed by atoms with Crippen LogP contribution in [0, 0.1) is 0 Å². The molecule has 96 valence electrons.